The summed E-state index contributed by atoms with van der Waals surface area (Å²) in [4.78, 5) is 8.37. The van der Waals surface area contributed by atoms with Crippen LogP contribution in [0.3, 0.4) is 0 Å². The van der Waals surface area contributed by atoms with Crippen molar-refractivity contribution >= 4 is 21.8 Å². The highest BCUT2D eigenvalue weighted by molar-refractivity contribution is 6.14. The number of fused-ring (bicyclic) bond motifs is 3. The van der Waals surface area contributed by atoms with E-state index in [1.165, 1.54) is 0 Å². The van der Waals surface area contributed by atoms with Crippen LogP contribution in [0.15, 0.2) is 24.4 Å². The molecule has 0 bridgehead atoms. The SMILES string of the molecule is COc1cc2c(cc1-c1c(C)nn(C)c1C)[nH]c1ccnc(-c3c(C)nn(C)c3C)c12. The second-order valence-electron chi connectivity index (χ2n) is 8.14. The first-order valence-electron chi connectivity index (χ1n) is 10.3. The fraction of sp³-hybridized carbons (Fsp3) is 0.292. The number of hydrogen-bond acceptors (Lipinski definition) is 4. The maximum absolute atomic E-state index is 5.85. The van der Waals surface area contributed by atoms with Crippen molar-refractivity contribution in [2.75, 3.05) is 7.11 Å². The lowest BCUT2D eigenvalue weighted by atomic mass is 9.99. The molecule has 158 valence electrons. The summed E-state index contributed by atoms with van der Waals surface area (Å²) >= 11 is 0. The third-order valence-electron chi connectivity index (χ3n) is 6.35. The van der Waals surface area contributed by atoms with Crippen molar-refractivity contribution in [3.05, 3.63) is 47.2 Å². The molecule has 0 aliphatic rings. The monoisotopic (exact) mass is 414 g/mol. The lowest BCUT2D eigenvalue weighted by Gasteiger charge is -2.10. The van der Waals surface area contributed by atoms with Crippen LogP contribution in [0.25, 0.3) is 44.2 Å². The van der Waals surface area contributed by atoms with Gasteiger partial charge in [0, 0.05) is 64.7 Å². The zero-order chi connectivity index (χ0) is 22.0. The molecule has 0 unspecified atom stereocenters. The Morgan fingerprint density at radius 3 is 2.10 bits per heavy atom. The van der Waals surface area contributed by atoms with E-state index in [0.29, 0.717) is 0 Å². The summed E-state index contributed by atoms with van der Waals surface area (Å²) in [6.45, 7) is 8.23. The van der Waals surface area contributed by atoms with Gasteiger partial charge in [0.2, 0.25) is 0 Å². The van der Waals surface area contributed by atoms with E-state index in [9.17, 15) is 0 Å². The van der Waals surface area contributed by atoms with Gasteiger partial charge in [-0.2, -0.15) is 10.2 Å². The molecule has 4 heterocycles. The van der Waals surface area contributed by atoms with Gasteiger partial charge in [-0.1, -0.05) is 0 Å². The number of nitrogens with zero attached hydrogens (tertiary/aromatic N) is 5. The van der Waals surface area contributed by atoms with Crippen LogP contribution in [0.1, 0.15) is 22.8 Å². The number of aromatic nitrogens is 6. The number of methoxy groups -OCH3 is 1. The Labute approximate surface area is 180 Å². The number of H-pyrrole nitrogens is 1. The van der Waals surface area contributed by atoms with Crippen molar-refractivity contribution in [2.45, 2.75) is 27.7 Å². The van der Waals surface area contributed by atoms with Crippen molar-refractivity contribution in [3.63, 3.8) is 0 Å². The molecule has 7 nitrogen and oxygen atoms in total. The molecule has 1 N–H and O–H groups in total. The van der Waals surface area contributed by atoms with Gasteiger partial charge < -0.3 is 9.72 Å². The van der Waals surface area contributed by atoms with Crippen LogP contribution in [0.2, 0.25) is 0 Å². The molecule has 0 aliphatic heterocycles. The minimum atomic E-state index is 0.821. The molecule has 0 radical (unpaired) electrons. The molecule has 7 heteroatoms. The molecule has 0 aliphatic carbocycles. The Kier molecular flexibility index (Phi) is 4.18. The Bertz CT molecular complexity index is 1480. The predicted octanol–water partition coefficient (Wildman–Crippen LogP) is 4.76. The predicted molar refractivity (Wildman–Crippen MR) is 124 cm³/mol. The summed E-state index contributed by atoms with van der Waals surface area (Å²) in [6.07, 6.45) is 1.85. The lowest BCUT2D eigenvalue weighted by molar-refractivity contribution is 0.417. The molecular weight excluding hydrogens is 388 g/mol. The van der Waals surface area contributed by atoms with Crippen molar-refractivity contribution in [3.8, 4) is 28.1 Å². The van der Waals surface area contributed by atoms with Gasteiger partial charge in [0.15, 0.2) is 0 Å². The van der Waals surface area contributed by atoms with Gasteiger partial charge in [-0.25, -0.2) is 0 Å². The maximum atomic E-state index is 5.85. The molecular formula is C24H26N6O. The fourth-order valence-electron chi connectivity index (χ4n) is 4.71. The van der Waals surface area contributed by atoms with Gasteiger partial charge in [0.1, 0.15) is 5.75 Å². The number of nitrogens with one attached hydrogen (secondary N) is 1. The molecule has 0 amide bonds. The molecule has 5 aromatic rings. The topological polar surface area (TPSA) is 73.6 Å². The van der Waals surface area contributed by atoms with E-state index in [-0.39, 0.29) is 0 Å². The first-order chi connectivity index (χ1) is 14.8. The normalized spacial score (nSPS) is 11.7. The number of aryl methyl sites for hydroxylation is 4. The highest BCUT2D eigenvalue weighted by atomic mass is 16.5. The standard InChI is InChI=1S/C24H26N6O/c1-12-21(14(3)29(5)27-12)17-10-19-16(11-20(17)31-7)23-18(26-19)8-9-25-24(23)22-13(2)28-30(6)15(22)4/h8-11,26H,1-7H3. The Hall–Kier alpha value is -3.61. The Morgan fingerprint density at radius 2 is 1.52 bits per heavy atom. The zero-order valence-electron chi connectivity index (χ0n) is 19.0. The third kappa shape index (κ3) is 2.69. The van der Waals surface area contributed by atoms with E-state index in [0.717, 1.165) is 72.7 Å². The van der Waals surface area contributed by atoms with E-state index < -0.39 is 0 Å². The van der Waals surface area contributed by atoms with Crippen LogP contribution < -0.4 is 4.74 Å². The number of rotatable bonds is 3. The van der Waals surface area contributed by atoms with Gasteiger partial charge in [-0.15, -0.1) is 0 Å². The molecule has 4 aromatic heterocycles. The highest BCUT2D eigenvalue weighted by Crippen LogP contribution is 2.42. The smallest absolute Gasteiger partial charge is 0.127 e. The Morgan fingerprint density at radius 1 is 0.871 bits per heavy atom. The number of hydrogen-bond donors (Lipinski definition) is 1. The second-order valence-corrected chi connectivity index (χ2v) is 8.14. The third-order valence-corrected chi connectivity index (χ3v) is 6.35. The molecule has 0 saturated heterocycles. The van der Waals surface area contributed by atoms with Crippen LogP contribution in [-0.2, 0) is 14.1 Å². The number of pyridine rings is 1. The molecule has 0 saturated carbocycles. The van der Waals surface area contributed by atoms with Crippen molar-refractivity contribution in [2.24, 2.45) is 14.1 Å². The molecule has 5 rings (SSSR count). The van der Waals surface area contributed by atoms with E-state index >= 15 is 0 Å². The molecule has 0 atom stereocenters. The molecule has 1 aromatic carbocycles. The minimum Gasteiger partial charge on any atom is -0.496 e. The van der Waals surface area contributed by atoms with E-state index in [1.54, 1.807) is 7.11 Å². The number of benzene rings is 1. The zero-order valence-corrected chi connectivity index (χ0v) is 19.0. The quantitative estimate of drug-likeness (QED) is 0.462. The van der Waals surface area contributed by atoms with Crippen molar-refractivity contribution in [1.29, 1.82) is 0 Å². The van der Waals surface area contributed by atoms with Crippen molar-refractivity contribution < 1.29 is 4.74 Å². The van der Waals surface area contributed by atoms with Gasteiger partial charge in [-0.05, 0) is 45.9 Å². The lowest BCUT2D eigenvalue weighted by Crippen LogP contribution is -1.94. The van der Waals surface area contributed by atoms with Gasteiger partial charge in [-0.3, -0.25) is 14.3 Å². The van der Waals surface area contributed by atoms with Gasteiger partial charge >= 0.3 is 0 Å². The maximum Gasteiger partial charge on any atom is 0.127 e. The summed E-state index contributed by atoms with van der Waals surface area (Å²) in [5.41, 5.74) is 10.4. The van der Waals surface area contributed by atoms with Crippen LogP contribution in [-0.4, -0.2) is 36.6 Å². The first-order valence-corrected chi connectivity index (χ1v) is 10.3. The van der Waals surface area contributed by atoms with E-state index in [4.69, 9.17) is 9.72 Å². The molecule has 0 fully saturated rings. The summed E-state index contributed by atoms with van der Waals surface area (Å²) in [7, 11) is 5.65. The first kappa shape index (κ1) is 19.4. The van der Waals surface area contributed by atoms with Crippen LogP contribution in [0.4, 0.5) is 0 Å². The average Bonchev–Trinajstić information content (AvgIpc) is 3.31. The fourth-order valence-corrected chi connectivity index (χ4v) is 4.71. The number of ether oxygens (including phenoxy) is 1. The second kappa shape index (κ2) is 6.70. The Balaban J connectivity index is 1.86. The van der Waals surface area contributed by atoms with E-state index in [1.807, 2.05) is 49.6 Å². The number of aromatic amines is 1. The molecule has 31 heavy (non-hydrogen) atoms. The van der Waals surface area contributed by atoms with Crippen LogP contribution in [0.5, 0.6) is 5.75 Å². The van der Waals surface area contributed by atoms with E-state index in [2.05, 4.69) is 41.2 Å². The minimum absolute atomic E-state index is 0.821. The van der Waals surface area contributed by atoms with Crippen LogP contribution in [0, 0.1) is 27.7 Å². The van der Waals surface area contributed by atoms with Gasteiger partial charge in [0.25, 0.3) is 0 Å². The summed E-state index contributed by atoms with van der Waals surface area (Å²) in [5, 5.41) is 11.4. The molecule has 0 spiro atoms. The largest absolute Gasteiger partial charge is 0.496 e. The van der Waals surface area contributed by atoms with Gasteiger partial charge in [0.05, 0.1) is 29.7 Å². The average molecular weight is 415 g/mol. The summed E-state index contributed by atoms with van der Waals surface area (Å²) in [5.74, 6) is 0.821. The highest BCUT2D eigenvalue weighted by Gasteiger charge is 2.22. The summed E-state index contributed by atoms with van der Waals surface area (Å²) in [6, 6.07) is 6.30. The summed E-state index contributed by atoms with van der Waals surface area (Å²) < 4.78 is 9.68. The van der Waals surface area contributed by atoms with Crippen LogP contribution >= 0.6 is 0 Å². The van der Waals surface area contributed by atoms with Crippen molar-refractivity contribution in [1.82, 2.24) is 29.5 Å².